The second-order valence-electron chi connectivity index (χ2n) is 4.21. The number of hydrogen-bond donors (Lipinski definition) is 1. The van der Waals surface area contributed by atoms with E-state index in [1.165, 1.54) is 18.7 Å². The summed E-state index contributed by atoms with van der Waals surface area (Å²) in [5.41, 5.74) is 1.46. The average molecular weight is 302 g/mol. The van der Waals surface area contributed by atoms with E-state index < -0.39 is 0 Å². The van der Waals surface area contributed by atoms with Crippen LogP contribution < -0.4 is 5.32 Å². The Hall–Kier alpha value is -2.40. The van der Waals surface area contributed by atoms with E-state index >= 15 is 0 Å². The number of unbranched alkanes of at least 4 members (excludes halogenated alkanes) is 1. The maximum atomic E-state index is 11.1. The lowest BCUT2D eigenvalue weighted by molar-refractivity contribution is -0.114. The first-order chi connectivity index (χ1) is 10.2. The first kappa shape index (κ1) is 15.0. The summed E-state index contributed by atoms with van der Waals surface area (Å²) >= 11 is 1.50. The molecule has 2 aromatic rings. The molecule has 0 radical (unpaired) electrons. The number of anilines is 1. The summed E-state index contributed by atoms with van der Waals surface area (Å²) in [5, 5.41) is 23.5. The number of thioether (sulfide) groups is 1. The smallest absolute Gasteiger partial charge is 0.221 e. The second kappa shape index (κ2) is 7.40. The zero-order valence-electron chi connectivity index (χ0n) is 11.5. The Kier molecular flexibility index (Phi) is 5.29. The van der Waals surface area contributed by atoms with Crippen LogP contribution in [0.15, 0.2) is 29.4 Å². The molecule has 1 amide bonds. The number of rotatable bonds is 6. The molecule has 0 saturated heterocycles. The van der Waals surface area contributed by atoms with E-state index in [1.807, 2.05) is 12.1 Å². The van der Waals surface area contributed by atoms with Crippen LogP contribution in [0.2, 0.25) is 0 Å². The van der Waals surface area contributed by atoms with Gasteiger partial charge in [0.1, 0.15) is 0 Å². The lowest BCUT2D eigenvalue weighted by Crippen LogP contribution is -2.07. The zero-order chi connectivity index (χ0) is 15.1. The van der Waals surface area contributed by atoms with Crippen molar-refractivity contribution in [3.05, 3.63) is 24.3 Å². The first-order valence-corrected chi connectivity index (χ1v) is 7.35. The molecule has 8 heteroatoms. The van der Waals surface area contributed by atoms with Crippen LogP contribution in [0.3, 0.4) is 0 Å². The molecule has 0 atom stereocenters. The number of carbonyl (C=O) groups is 1. The Labute approximate surface area is 126 Å². The third kappa shape index (κ3) is 4.29. The quantitative estimate of drug-likeness (QED) is 0.647. The van der Waals surface area contributed by atoms with Crippen LogP contribution in [0.25, 0.3) is 5.69 Å². The number of tetrazole rings is 1. The van der Waals surface area contributed by atoms with Gasteiger partial charge in [-0.05, 0) is 35.0 Å². The predicted molar refractivity (Wildman–Crippen MR) is 79.0 cm³/mol. The predicted octanol–water partition coefficient (Wildman–Crippen LogP) is 2.02. The summed E-state index contributed by atoms with van der Waals surface area (Å²) in [7, 11) is 0. The van der Waals surface area contributed by atoms with Crippen LogP contribution in [0.4, 0.5) is 5.69 Å². The van der Waals surface area contributed by atoms with E-state index in [0.717, 1.165) is 17.9 Å². The number of nitrogens with zero attached hydrogens (tertiary/aromatic N) is 5. The van der Waals surface area contributed by atoms with Gasteiger partial charge < -0.3 is 5.32 Å². The SMILES string of the molecule is CC(=O)Nc1cccc(-n2nnnc2SCCCC#N)c1. The van der Waals surface area contributed by atoms with Gasteiger partial charge in [-0.3, -0.25) is 4.79 Å². The standard InChI is InChI=1S/C13H14N6OS/c1-10(20)15-11-5-4-6-12(9-11)19-13(16-17-18-19)21-8-3-2-7-14/h4-6,9H,2-3,8H2,1H3,(H,15,20). The van der Waals surface area contributed by atoms with E-state index in [-0.39, 0.29) is 5.91 Å². The molecule has 0 bridgehead atoms. The molecule has 0 fully saturated rings. The van der Waals surface area contributed by atoms with E-state index in [4.69, 9.17) is 5.26 Å². The third-order valence-electron chi connectivity index (χ3n) is 2.52. The highest BCUT2D eigenvalue weighted by molar-refractivity contribution is 7.99. The van der Waals surface area contributed by atoms with Crippen molar-refractivity contribution < 1.29 is 4.79 Å². The van der Waals surface area contributed by atoms with Crippen molar-refractivity contribution in [2.75, 3.05) is 11.1 Å². The first-order valence-electron chi connectivity index (χ1n) is 6.37. The molecule has 0 aliphatic rings. The number of carbonyl (C=O) groups excluding carboxylic acids is 1. The molecule has 2 rings (SSSR count). The highest BCUT2D eigenvalue weighted by atomic mass is 32.2. The van der Waals surface area contributed by atoms with Crippen molar-refractivity contribution in [3.8, 4) is 11.8 Å². The molecular formula is C13H14N6OS. The van der Waals surface area contributed by atoms with Crippen LogP contribution in [-0.2, 0) is 4.79 Å². The lowest BCUT2D eigenvalue weighted by Gasteiger charge is -2.06. The maximum absolute atomic E-state index is 11.1. The van der Waals surface area contributed by atoms with Gasteiger partial charge in [-0.15, -0.1) is 5.10 Å². The molecule has 1 heterocycles. The highest BCUT2D eigenvalue weighted by Crippen LogP contribution is 2.21. The van der Waals surface area contributed by atoms with Gasteiger partial charge in [0.2, 0.25) is 11.1 Å². The van der Waals surface area contributed by atoms with Gasteiger partial charge in [-0.2, -0.15) is 9.94 Å². The number of hydrogen-bond acceptors (Lipinski definition) is 6. The van der Waals surface area contributed by atoms with Crippen LogP contribution in [0.1, 0.15) is 19.8 Å². The molecule has 0 aliphatic carbocycles. The van der Waals surface area contributed by atoms with Gasteiger partial charge in [0.25, 0.3) is 0 Å². The number of aromatic nitrogens is 4. The van der Waals surface area contributed by atoms with Crippen molar-refractivity contribution in [2.45, 2.75) is 24.9 Å². The van der Waals surface area contributed by atoms with Gasteiger partial charge in [0.15, 0.2) is 0 Å². The van der Waals surface area contributed by atoms with Crippen molar-refractivity contribution in [2.24, 2.45) is 0 Å². The van der Waals surface area contributed by atoms with Gasteiger partial charge >= 0.3 is 0 Å². The summed E-state index contributed by atoms with van der Waals surface area (Å²) in [6.45, 7) is 1.46. The highest BCUT2D eigenvalue weighted by Gasteiger charge is 2.09. The van der Waals surface area contributed by atoms with E-state index in [2.05, 4.69) is 26.9 Å². The number of nitriles is 1. The summed E-state index contributed by atoms with van der Waals surface area (Å²) in [6, 6.07) is 9.40. The van der Waals surface area contributed by atoms with Crippen molar-refractivity contribution >= 4 is 23.4 Å². The normalized spacial score (nSPS) is 10.1. The van der Waals surface area contributed by atoms with Crippen LogP contribution >= 0.6 is 11.8 Å². The van der Waals surface area contributed by atoms with E-state index in [1.54, 1.807) is 16.8 Å². The fraction of sp³-hybridized carbons (Fsp3) is 0.308. The Morgan fingerprint density at radius 3 is 3.14 bits per heavy atom. The van der Waals surface area contributed by atoms with Crippen LogP contribution in [0.5, 0.6) is 0 Å². The molecule has 108 valence electrons. The summed E-state index contributed by atoms with van der Waals surface area (Å²) in [5.74, 6) is 0.647. The average Bonchev–Trinajstić information content (AvgIpc) is 2.91. The molecule has 1 aromatic heterocycles. The van der Waals surface area contributed by atoms with E-state index in [0.29, 0.717) is 17.3 Å². The Morgan fingerprint density at radius 1 is 1.52 bits per heavy atom. The number of benzene rings is 1. The lowest BCUT2D eigenvalue weighted by atomic mass is 10.3. The Balaban J connectivity index is 2.13. The van der Waals surface area contributed by atoms with E-state index in [9.17, 15) is 4.79 Å². The summed E-state index contributed by atoms with van der Waals surface area (Å²) in [6.07, 6.45) is 1.31. The molecule has 1 aromatic carbocycles. The second-order valence-corrected chi connectivity index (χ2v) is 5.28. The zero-order valence-corrected chi connectivity index (χ0v) is 12.3. The topological polar surface area (TPSA) is 96.5 Å². The number of amides is 1. The molecule has 0 spiro atoms. The summed E-state index contributed by atoms with van der Waals surface area (Å²) in [4.78, 5) is 11.1. The monoisotopic (exact) mass is 302 g/mol. The molecule has 1 N–H and O–H groups in total. The van der Waals surface area contributed by atoms with Gasteiger partial charge in [-0.25, -0.2) is 0 Å². The molecule has 0 unspecified atom stereocenters. The minimum absolute atomic E-state index is 0.130. The summed E-state index contributed by atoms with van der Waals surface area (Å²) < 4.78 is 1.61. The van der Waals surface area contributed by atoms with Gasteiger partial charge in [0.05, 0.1) is 11.8 Å². The van der Waals surface area contributed by atoms with Gasteiger partial charge in [0, 0.05) is 24.8 Å². The number of nitrogens with one attached hydrogen (secondary N) is 1. The van der Waals surface area contributed by atoms with Crippen molar-refractivity contribution in [1.82, 2.24) is 20.2 Å². The van der Waals surface area contributed by atoms with Gasteiger partial charge in [-0.1, -0.05) is 17.8 Å². The molecule has 21 heavy (non-hydrogen) atoms. The minimum Gasteiger partial charge on any atom is -0.326 e. The fourth-order valence-corrected chi connectivity index (χ4v) is 2.49. The molecule has 0 aliphatic heterocycles. The third-order valence-corrected chi connectivity index (χ3v) is 3.52. The van der Waals surface area contributed by atoms with Crippen LogP contribution in [-0.4, -0.2) is 31.9 Å². The van der Waals surface area contributed by atoms with Crippen LogP contribution in [0, 0.1) is 11.3 Å². The Morgan fingerprint density at radius 2 is 2.38 bits per heavy atom. The molecule has 0 saturated carbocycles. The Bertz CT molecular complexity index is 663. The van der Waals surface area contributed by atoms with Crippen molar-refractivity contribution in [3.63, 3.8) is 0 Å². The molecule has 7 nitrogen and oxygen atoms in total. The largest absolute Gasteiger partial charge is 0.326 e. The maximum Gasteiger partial charge on any atom is 0.221 e. The van der Waals surface area contributed by atoms with Crippen molar-refractivity contribution in [1.29, 1.82) is 5.26 Å². The molecular weight excluding hydrogens is 288 g/mol. The minimum atomic E-state index is -0.130. The fourth-order valence-electron chi connectivity index (χ4n) is 1.66.